The number of carbonyl (C=O) groups is 2. The van der Waals surface area contributed by atoms with Crippen molar-refractivity contribution in [2.24, 2.45) is 0 Å². The normalized spacial score (nSPS) is 10.2. The predicted molar refractivity (Wildman–Crippen MR) is 79.4 cm³/mol. The summed E-state index contributed by atoms with van der Waals surface area (Å²) in [7, 11) is 0. The van der Waals surface area contributed by atoms with Crippen LogP contribution in [0.5, 0.6) is 0 Å². The molecule has 0 fully saturated rings. The van der Waals surface area contributed by atoms with Gasteiger partial charge >= 0.3 is 5.97 Å². The van der Waals surface area contributed by atoms with Crippen molar-refractivity contribution in [3.05, 3.63) is 52.2 Å². The van der Waals surface area contributed by atoms with Crippen molar-refractivity contribution in [3.63, 3.8) is 0 Å². The number of amides is 1. The molecule has 0 aliphatic rings. The van der Waals surface area contributed by atoms with Gasteiger partial charge in [0, 0.05) is 0 Å². The highest BCUT2D eigenvalue weighted by molar-refractivity contribution is 7.14. The molecule has 1 heterocycles. The number of thiophene rings is 1. The van der Waals surface area contributed by atoms with Crippen LogP contribution >= 0.6 is 11.3 Å². The van der Waals surface area contributed by atoms with Gasteiger partial charge in [-0.15, -0.1) is 11.3 Å². The van der Waals surface area contributed by atoms with E-state index in [9.17, 15) is 14.0 Å². The molecule has 0 radical (unpaired) electrons. The molecular weight excluding hydrogens is 293 g/mol. The Morgan fingerprint density at radius 2 is 2.05 bits per heavy atom. The Bertz CT molecular complexity index is 681. The summed E-state index contributed by atoms with van der Waals surface area (Å²) in [5.74, 6) is -1.71. The van der Waals surface area contributed by atoms with E-state index in [1.807, 2.05) is 0 Å². The number of esters is 1. The van der Waals surface area contributed by atoms with Crippen LogP contribution in [0.3, 0.4) is 0 Å². The second kappa shape index (κ2) is 6.49. The number of nitrogens with one attached hydrogen (secondary N) is 1. The third-order valence-electron chi connectivity index (χ3n) is 2.76. The van der Waals surface area contributed by atoms with Gasteiger partial charge in [0.2, 0.25) is 0 Å². The summed E-state index contributed by atoms with van der Waals surface area (Å²) in [6.07, 6.45) is 0. The highest BCUT2D eigenvalue weighted by atomic mass is 32.1. The maximum absolute atomic E-state index is 13.8. The molecule has 0 unspecified atom stereocenters. The highest BCUT2D eigenvalue weighted by Crippen LogP contribution is 2.25. The number of hydrogen-bond acceptors (Lipinski definition) is 4. The summed E-state index contributed by atoms with van der Waals surface area (Å²) in [5.41, 5.74) is 0.930. The summed E-state index contributed by atoms with van der Waals surface area (Å²) in [4.78, 5) is 23.8. The fraction of sp³-hybridized carbons (Fsp3) is 0.200. The van der Waals surface area contributed by atoms with Crippen molar-refractivity contribution < 1.29 is 18.7 Å². The van der Waals surface area contributed by atoms with Crippen LogP contribution in [0, 0.1) is 12.7 Å². The molecule has 6 heteroatoms. The molecule has 1 amide bonds. The minimum Gasteiger partial charge on any atom is -0.462 e. The largest absolute Gasteiger partial charge is 0.462 e. The minimum absolute atomic E-state index is 0.0659. The molecule has 0 aliphatic heterocycles. The number of benzene rings is 1. The molecule has 4 nitrogen and oxygen atoms in total. The Balaban J connectivity index is 2.20. The van der Waals surface area contributed by atoms with E-state index in [4.69, 9.17) is 4.74 Å². The van der Waals surface area contributed by atoms with Crippen LogP contribution in [0.4, 0.5) is 9.39 Å². The molecule has 0 aliphatic carbocycles. The molecule has 0 saturated carbocycles. The van der Waals surface area contributed by atoms with Gasteiger partial charge in [0.05, 0.1) is 17.7 Å². The van der Waals surface area contributed by atoms with Gasteiger partial charge in [-0.2, -0.15) is 0 Å². The molecule has 0 bridgehead atoms. The fourth-order valence-corrected chi connectivity index (χ4v) is 2.52. The average Bonchev–Trinajstić information content (AvgIpc) is 2.87. The Kier molecular flexibility index (Phi) is 4.70. The Morgan fingerprint density at radius 1 is 1.29 bits per heavy atom. The smallest absolute Gasteiger partial charge is 0.341 e. The topological polar surface area (TPSA) is 55.4 Å². The lowest BCUT2D eigenvalue weighted by molar-refractivity contribution is 0.0528. The SMILES string of the molecule is CCOC(=O)c1ccsc1NC(=O)c1ccc(C)cc1F. The van der Waals surface area contributed by atoms with Crippen LogP contribution in [-0.2, 0) is 4.74 Å². The second-order valence-electron chi connectivity index (χ2n) is 4.32. The lowest BCUT2D eigenvalue weighted by Gasteiger charge is -2.07. The van der Waals surface area contributed by atoms with Crippen molar-refractivity contribution in [2.75, 3.05) is 11.9 Å². The van der Waals surface area contributed by atoms with Crippen LogP contribution in [0.15, 0.2) is 29.6 Å². The van der Waals surface area contributed by atoms with Gasteiger partial charge in [-0.3, -0.25) is 4.79 Å². The van der Waals surface area contributed by atoms with Crippen molar-refractivity contribution in [3.8, 4) is 0 Å². The number of halogens is 1. The predicted octanol–water partition coefficient (Wildman–Crippen LogP) is 3.62. The number of anilines is 1. The van der Waals surface area contributed by atoms with E-state index in [-0.39, 0.29) is 17.7 Å². The third-order valence-corrected chi connectivity index (χ3v) is 3.59. The molecule has 0 spiro atoms. The van der Waals surface area contributed by atoms with E-state index in [0.29, 0.717) is 5.00 Å². The van der Waals surface area contributed by atoms with Gasteiger partial charge in [-0.05, 0) is 43.0 Å². The Labute approximate surface area is 125 Å². The average molecular weight is 307 g/mol. The summed E-state index contributed by atoms with van der Waals surface area (Å²) in [6, 6.07) is 5.91. The van der Waals surface area contributed by atoms with E-state index in [2.05, 4.69) is 5.32 Å². The molecular formula is C15H14FNO3S. The minimum atomic E-state index is -0.597. The molecule has 110 valence electrons. The maximum atomic E-state index is 13.8. The maximum Gasteiger partial charge on any atom is 0.341 e. The van der Waals surface area contributed by atoms with Gasteiger partial charge in [-0.1, -0.05) is 6.07 Å². The number of carbonyl (C=O) groups excluding carboxylic acids is 2. The fourth-order valence-electron chi connectivity index (χ4n) is 1.75. The standard InChI is InChI=1S/C15H14FNO3S/c1-3-20-15(19)11-6-7-21-14(11)17-13(18)10-5-4-9(2)8-12(10)16/h4-8H,3H2,1-2H3,(H,17,18). The van der Waals surface area contributed by atoms with E-state index >= 15 is 0 Å². The van der Waals surface area contributed by atoms with E-state index < -0.39 is 17.7 Å². The Morgan fingerprint density at radius 3 is 2.71 bits per heavy atom. The molecule has 2 rings (SSSR count). The van der Waals surface area contributed by atoms with Crippen molar-refractivity contribution >= 4 is 28.2 Å². The highest BCUT2D eigenvalue weighted by Gasteiger charge is 2.18. The van der Waals surface area contributed by atoms with Gasteiger partial charge in [0.25, 0.3) is 5.91 Å². The molecule has 1 aromatic carbocycles. The van der Waals surface area contributed by atoms with Crippen molar-refractivity contribution in [1.82, 2.24) is 0 Å². The summed E-state index contributed by atoms with van der Waals surface area (Å²) in [5, 5.41) is 4.55. The van der Waals surface area contributed by atoms with Gasteiger partial charge < -0.3 is 10.1 Å². The van der Waals surface area contributed by atoms with Crippen LogP contribution in [0.2, 0.25) is 0 Å². The zero-order chi connectivity index (χ0) is 15.4. The molecule has 1 aromatic heterocycles. The lowest BCUT2D eigenvalue weighted by atomic mass is 10.1. The van der Waals surface area contributed by atoms with Crippen LogP contribution in [0.1, 0.15) is 33.2 Å². The van der Waals surface area contributed by atoms with Crippen LogP contribution in [0.25, 0.3) is 0 Å². The van der Waals surface area contributed by atoms with Gasteiger partial charge in [0.1, 0.15) is 10.8 Å². The first-order valence-electron chi connectivity index (χ1n) is 6.35. The van der Waals surface area contributed by atoms with Gasteiger partial charge in [0.15, 0.2) is 0 Å². The van der Waals surface area contributed by atoms with E-state index in [0.717, 1.165) is 5.56 Å². The second-order valence-corrected chi connectivity index (χ2v) is 5.24. The molecule has 0 saturated heterocycles. The summed E-state index contributed by atoms with van der Waals surface area (Å²) < 4.78 is 18.7. The summed E-state index contributed by atoms with van der Waals surface area (Å²) >= 11 is 1.18. The first kappa shape index (κ1) is 15.2. The zero-order valence-electron chi connectivity index (χ0n) is 11.6. The molecule has 1 N–H and O–H groups in total. The number of hydrogen-bond donors (Lipinski definition) is 1. The molecule has 0 atom stereocenters. The van der Waals surface area contributed by atoms with Gasteiger partial charge in [-0.25, -0.2) is 9.18 Å². The summed E-state index contributed by atoms with van der Waals surface area (Å²) in [6.45, 7) is 3.68. The Hall–Kier alpha value is -2.21. The van der Waals surface area contributed by atoms with E-state index in [1.54, 1.807) is 31.4 Å². The van der Waals surface area contributed by atoms with Crippen LogP contribution < -0.4 is 5.32 Å². The molecule has 2 aromatic rings. The first-order chi connectivity index (χ1) is 10.0. The van der Waals surface area contributed by atoms with Crippen molar-refractivity contribution in [2.45, 2.75) is 13.8 Å². The van der Waals surface area contributed by atoms with Crippen LogP contribution in [-0.4, -0.2) is 18.5 Å². The number of rotatable bonds is 4. The first-order valence-corrected chi connectivity index (χ1v) is 7.23. The lowest BCUT2D eigenvalue weighted by Crippen LogP contribution is -2.15. The quantitative estimate of drug-likeness (QED) is 0.878. The van der Waals surface area contributed by atoms with Crippen molar-refractivity contribution in [1.29, 1.82) is 0 Å². The third kappa shape index (κ3) is 3.46. The monoisotopic (exact) mass is 307 g/mol. The zero-order valence-corrected chi connectivity index (χ0v) is 12.4. The molecule has 21 heavy (non-hydrogen) atoms. The van der Waals surface area contributed by atoms with E-state index in [1.165, 1.54) is 23.5 Å². The number of ether oxygens (including phenoxy) is 1. The number of aryl methyl sites for hydroxylation is 1.